The standard InChI is InChI=1S/C8H6N6/c9-1-7-3-12-8(4-11-7)14-5-6(10)2-13-14/h2-5H,10H2. The van der Waals surface area contributed by atoms with E-state index in [9.17, 15) is 0 Å². The molecule has 2 heterocycles. The van der Waals surface area contributed by atoms with Crippen molar-refractivity contribution in [1.29, 1.82) is 5.26 Å². The molecule has 0 fully saturated rings. The predicted octanol–water partition coefficient (Wildman–Crippen LogP) is 0.116. The molecular weight excluding hydrogens is 180 g/mol. The van der Waals surface area contributed by atoms with Crippen molar-refractivity contribution in [2.45, 2.75) is 0 Å². The Kier molecular flexibility index (Phi) is 1.84. The van der Waals surface area contributed by atoms with Gasteiger partial charge in [-0.05, 0) is 0 Å². The summed E-state index contributed by atoms with van der Waals surface area (Å²) in [6.07, 6.45) is 5.98. The van der Waals surface area contributed by atoms with Gasteiger partial charge in [-0.3, -0.25) is 0 Å². The van der Waals surface area contributed by atoms with E-state index >= 15 is 0 Å². The summed E-state index contributed by atoms with van der Waals surface area (Å²) in [5.41, 5.74) is 6.31. The Morgan fingerprint density at radius 1 is 1.29 bits per heavy atom. The Balaban J connectivity index is 2.39. The van der Waals surface area contributed by atoms with Gasteiger partial charge >= 0.3 is 0 Å². The number of anilines is 1. The molecule has 0 amide bonds. The smallest absolute Gasteiger partial charge is 0.171 e. The SMILES string of the molecule is N#Cc1cnc(-n2cc(N)cn2)cn1. The van der Waals surface area contributed by atoms with Gasteiger partial charge in [0.2, 0.25) is 0 Å². The molecular formula is C8H6N6. The lowest BCUT2D eigenvalue weighted by molar-refractivity contribution is 0.836. The third kappa shape index (κ3) is 1.38. The molecule has 0 atom stereocenters. The molecule has 6 heteroatoms. The molecule has 0 unspecified atom stereocenters. The van der Waals surface area contributed by atoms with E-state index in [1.807, 2.05) is 6.07 Å². The largest absolute Gasteiger partial charge is 0.396 e. The average molecular weight is 186 g/mol. The van der Waals surface area contributed by atoms with Crippen LogP contribution in [-0.4, -0.2) is 19.7 Å². The highest BCUT2D eigenvalue weighted by Crippen LogP contribution is 2.04. The van der Waals surface area contributed by atoms with E-state index in [1.165, 1.54) is 23.3 Å². The van der Waals surface area contributed by atoms with Crippen LogP contribution in [0.1, 0.15) is 5.69 Å². The molecule has 68 valence electrons. The van der Waals surface area contributed by atoms with Gasteiger partial charge in [-0.25, -0.2) is 14.6 Å². The maximum Gasteiger partial charge on any atom is 0.171 e. The molecule has 0 aliphatic carbocycles. The van der Waals surface area contributed by atoms with Crippen molar-refractivity contribution in [1.82, 2.24) is 19.7 Å². The van der Waals surface area contributed by atoms with Crippen LogP contribution in [0.5, 0.6) is 0 Å². The maximum absolute atomic E-state index is 8.51. The normalized spacial score (nSPS) is 9.64. The van der Waals surface area contributed by atoms with Crippen molar-refractivity contribution in [3.8, 4) is 11.9 Å². The fourth-order valence-corrected chi connectivity index (χ4v) is 0.959. The van der Waals surface area contributed by atoms with Crippen molar-refractivity contribution in [3.63, 3.8) is 0 Å². The minimum absolute atomic E-state index is 0.272. The molecule has 6 nitrogen and oxygen atoms in total. The van der Waals surface area contributed by atoms with Gasteiger partial charge in [-0.2, -0.15) is 10.4 Å². The fourth-order valence-electron chi connectivity index (χ4n) is 0.959. The Morgan fingerprint density at radius 2 is 2.14 bits per heavy atom. The van der Waals surface area contributed by atoms with Crippen LogP contribution in [0, 0.1) is 11.3 Å². The summed E-state index contributed by atoms with van der Waals surface area (Å²) in [7, 11) is 0. The van der Waals surface area contributed by atoms with Crippen molar-refractivity contribution < 1.29 is 0 Å². The molecule has 2 N–H and O–H groups in total. The summed E-state index contributed by atoms with van der Waals surface area (Å²) in [6, 6.07) is 1.88. The maximum atomic E-state index is 8.51. The van der Waals surface area contributed by atoms with E-state index in [4.69, 9.17) is 11.0 Å². The highest BCUT2D eigenvalue weighted by Gasteiger charge is 2.00. The Bertz CT molecular complexity index is 477. The van der Waals surface area contributed by atoms with Gasteiger partial charge in [0.15, 0.2) is 11.5 Å². The van der Waals surface area contributed by atoms with Gasteiger partial charge in [-0.15, -0.1) is 0 Å². The third-order valence-electron chi connectivity index (χ3n) is 1.59. The first kappa shape index (κ1) is 8.19. The first-order valence-corrected chi connectivity index (χ1v) is 3.82. The van der Waals surface area contributed by atoms with Crippen molar-refractivity contribution in [3.05, 3.63) is 30.5 Å². The predicted molar refractivity (Wildman–Crippen MR) is 48.3 cm³/mol. The molecule has 0 spiro atoms. The lowest BCUT2D eigenvalue weighted by Gasteiger charge is -1.97. The first-order valence-electron chi connectivity index (χ1n) is 3.82. The summed E-state index contributed by atoms with van der Waals surface area (Å²) >= 11 is 0. The van der Waals surface area contributed by atoms with E-state index in [1.54, 1.807) is 6.20 Å². The molecule has 14 heavy (non-hydrogen) atoms. The average Bonchev–Trinajstić information content (AvgIpc) is 2.65. The van der Waals surface area contributed by atoms with Crippen LogP contribution < -0.4 is 5.73 Å². The number of rotatable bonds is 1. The van der Waals surface area contributed by atoms with Crippen LogP contribution >= 0.6 is 0 Å². The van der Waals surface area contributed by atoms with Crippen LogP contribution in [0.2, 0.25) is 0 Å². The molecule has 0 saturated carbocycles. The fraction of sp³-hybridized carbons (Fsp3) is 0. The lowest BCUT2D eigenvalue weighted by Crippen LogP contribution is -1.99. The monoisotopic (exact) mass is 186 g/mol. The number of nitrogens with two attached hydrogens (primary N) is 1. The van der Waals surface area contributed by atoms with Gasteiger partial charge in [0.05, 0.1) is 30.5 Å². The number of hydrogen-bond acceptors (Lipinski definition) is 5. The quantitative estimate of drug-likeness (QED) is 0.682. The Labute approximate surface area is 79.6 Å². The number of nitrogen functional groups attached to an aromatic ring is 1. The van der Waals surface area contributed by atoms with E-state index in [2.05, 4.69) is 15.1 Å². The molecule has 2 rings (SSSR count). The minimum atomic E-state index is 0.272. The summed E-state index contributed by atoms with van der Waals surface area (Å²) in [5.74, 6) is 0.528. The topological polar surface area (TPSA) is 93.4 Å². The van der Waals surface area contributed by atoms with Crippen LogP contribution in [0.4, 0.5) is 5.69 Å². The van der Waals surface area contributed by atoms with E-state index in [0.717, 1.165) is 0 Å². The zero-order valence-electron chi connectivity index (χ0n) is 7.12. The summed E-state index contributed by atoms with van der Waals surface area (Å²) in [6.45, 7) is 0. The van der Waals surface area contributed by atoms with E-state index < -0.39 is 0 Å². The summed E-state index contributed by atoms with van der Waals surface area (Å²) in [5, 5.41) is 12.5. The Morgan fingerprint density at radius 3 is 2.64 bits per heavy atom. The van der Waals surface area contributed by atoms with Crippen molar-refractivity contribution in [2.75, 3.05) is 5.73 Å². The molecule has 0 aromatic carbocycles. The molecule has 0 aliphatic rings. The number of nitrogens with zero attached hydrogens (tertiary/aromatic N) is 5. The van der Waals surface area contributed by atoms with Gasteiger partial charge < -0.3 is 5.73 Å². The van der Waals surface area contributed by atoms with Gasteiger partial charge in [0.25, 0.3) is 0 Å². The second-order valence-corrected chi connectivity index (χ2v) is 2.59. The number of nitriles is 1. The Hall–Kier alpha value is -2.42. The van der Waals surface area contributed by atoms with Crippen molar-refractivity contribution >= 4 is 5.69 Å². The van der Waals surface area contributed by atoms with E-state index in [-0.39, 0.29) is 5.69 Å². The second kappa shape index (κ2) is 3.14. The van der Waals surface area contributed by atoms with Crippen LogP contribution in [0.15, 0.2) is 24.8 Å². The highest BCUT2D eigenvalue weighted by atomic mass is 15.3. The van der Waals surface area contributed by atoms with E-state index in [0.29, 0.717) is 11.5 Å². The highest BCUT2D eigenvalue weighted by molar-refractivity contribution is 5.34. The minimum Gasteiger partial charge on any atom is -0.396 e. The zero-order valence-corrected chi connectivity index (χ0v) is 7.12. The molecule has 2 aromatic rings. The van der Waals surface area contributed by atoms with Crippen LogP contribution in [0.3, 0.4) is 0 Å². The molecule has 2 aromatic heterocycles. The lowest BCUT2D eigenvalue weighted by atomic mass is 10.5. The third-order valence-corrected chi connectivity index (χ3v) is 1.59. The number of aromatic nitrogens is 4. The summed E-state index contributed by atoms with van der Waals surface area (Å²) < 4.78 is 1.49. The van der Waals surface area contributed by atoms with Gasteiger partial charge in [-0.1, -0.05) is 0 Å². The molecule has 0 aliphatic heterocycles. The number of hydrogen-bond donors (Lipinski definition) is 1. The zero-order chi connectivity index (χ0) is 9.97. The second-order valence-electron chi connectivity index (χ2n) is 2.59. The first-order chi connectivity index (χ1) is 6.79. The summed E-state index contributed by atoms with van der Waals surface area (Å²) in [4.78, 5) is 7.85. The van der Waals surface area contributed by atoms with Crippen LogP contribution in [0.25, 0.3) is 5.82 Å². The molecule has 0 saturated heterocycles. The van der Waals surface area contributed by atoms with Crippen molar-refractivity contribution in [2.24, 2.45) is 0 Å². The molecule has 0 bridgehead atoms. The van der Waals surface area contributed by atoms with Gasteiger partial charge in [0.1, 0.15) is 6.07 Å². The van der Waals surface area contributed by atoms with Gasteiger partial charge in [0, 0.05) is 0 Å². The van der Waals surface area contributed by atoms with Crippen LogP contribution in [-0.2, 0) is 0 Å². The molecule has 0 radical (unpaired) electrons.